The van der Waals surface area contributed by atoms with Gasteiger partial charge in [-0.1, -0.05) is 24.3 Å². The molecule has 0 unspecified atom stereocenters. The molecule has 0 aliphatic carbocycles. The Morgan fingerprint density at radius 2 is 1.57 bits per heavy atom. The van der Waals surface area contributed by atoms with E-state index in [1.165, 1.54) is 11.1 Å². The van der Waals surface area contributed by atoms with Gasteiger partial charge in [-0.3, -0.25) is 5.32 Å². The smallest absolute Gasteiger partial charge is 0.273 e. The van der Waals surface area contributed by atoms with Crippen LogP contribution in [-0.4, -0.2) is 9.97 Å². The van der Waals surface area contributed by atoms with Crippen LogP contribution in [0.4, 0.5) is 23.0 Å². The number of rotatable bonds is 4. The summed E-state index contributed by atoms with van der Waals surface area (Å²) >= 11 is 0. The molecule has 3 rings (SSSR count). The molecule has 0 saturated carbocycles. The molecule has 118 valence electrons. The molecule has 0 fully saturated rings. The highest BCUT2D eigenvalue weighted by molar-refractivity contribution is 5.63. The van der Waals surface area contributed by atoms with Gasteiger partial charge in [-0.05, 0) is 43.2 Å². The van der Waals surface area contributed by atoms with Gasteiger partial charge in [0.05, 0.1) is 6.20 Å². The van der Waals surface area contributed by atoms with Crippen molar-refractivity contribution in [3.63, 3.8) is 0 Å². The average Bonchev–Trinajstić information content (AvgIpc) is 2.49. The number of anilines is 2. The molecule has 0 bridgehead atoms. The minimum absolute atomic E-state index is 0. The van der Waals surface area contributed by atoms with E-state index in [1.54, 1.807) is 12.4 Å². The first-order chi connectivity index (χ1) is 10.7. The molecule has 5 heteroatoms. The van der Waals surface area contributed by atoms with E-state index in [9.17, 15) is 0 Å². The highest BCUT2D eigenvalue weighted by Crippen LogP contribution is 2.19. The van der Waals surface area contributed by atoms with Gasteiger partial charge < -0.3 is 17.7 Å². The first kappa shape index (κ1) is 16.9. The van der Waals surface area contributed by atoms with Crippen molar-refractivity contribution in [2.24, 2.45) is 0 Å². The third-order valence-corrected chi connectivity index (χ3v) is 3.35. The van der Waals surface area contributed by atoms with Crippen LogP contribution in [0.25, 0.3) is 0 Å². The summed E-state index contributed by atoms with van der Waals surface area (Å²) in [4.78, 5) is 8.86. The highest BCUT2D eigenvalue weighted by atomic mass is 35.5. The van der Waals surface area contributed by atoms with Crippen molar-refractivity contribution in [1.82, 2.24) is 9.97 Å². The number of hydrogen-bond acceptors (Lipinski definition) is 3. The van der Waals surface area contributed by atoms with Crippen LogP contribution in [0.15, 0.2) is 60.9 Å². The maximum absolute atomic E-state index is 4.44. The zero-order chi connectivity index (χ0) is 15.4. The molecule has 4 nitrogen and oxygen atoms in total. The van der Waals surface area contributed by atoms with Crippen LogP contribution in [0.3, 0.4) is 0 Å². The van der Waals surface area contributed by atoms with E-state index in [2.05, 4.69) is 59.5 Å². The molecular formula is C18H19ClN4. The van der Waals surface area contributed by atoms with Crippen LogP contribution in [0.1, 0.15) is 11.1 Å². The van der Waals surface area contributed by atoms with Gasteiger partial charge in [0.15, 0.2) is 0 Å². The van der Waals surface area contributed by atoms with E-state index in [-0.39, 0.29) is 12.4 Å². The SMILES string of the molecule is Cc1cccc(Nc2nccnc2[NH2+]c2cccc(C)c2)c1.[Cl-]. The second kappa shape index (κ2) is 7.72. The number of hydrogen-bond donors (Lipinski definition) is 2. The Morgan fingerprint density at radius 1 is 0.870 bits per heavy atom. The molecule has 1 aromatic heterocycles. The summed E-state index contributed by atoms with van der Waals surface area (Å²) in [7, 11) is 0. The Kier molecular flexibility index (Phi) is 5.68. The number of quaternary nitrogens is 1. The number of aromatic nitrogens is 2. The van der Waals surface area contributed by atoms with Gasteiger partial charge >= 0.3 is 0 Å². The van der Waals surface area contributed by atoms with Crippen LogP contribution >= 0.6 is 0 Å². The largest absolute Gasteiger partial charge is 1.00 e. The van der Waals surface area contributed by atoms with E-state index in [0.29, 0.717) is 0 Å². The number of nitrogens with one attached hydrogen (secondary N) is 1. The summed E-state index contributed by atoms with van der Waals surface area (Å²) in [5.41, 5.74) is 4.57. The molecule has 0 radical (unpaired) electrons. The Morgan fingerprint density at radius 3 is 2.30 bits per heavy atom. The number of benzene rings is 2. The van der Waals surface area contributed by atoms with Crippen LogP contribution in [0.5, 0.6) is 0 Å². The topological polar surface area (TPSA) is 54.4 Å². The summed E-state index contributed by atoms with van der Waals surface area (Å²) < 4.78 is 0. The standard InChI is InChI=1S/C18H18N4.ClH/c1-13-5-3-7-15(11-13)21-17-18(20-10-9-19-17)22-16-8-4-6-14(2)12-16;/h3-12H,1-2H3,(H,19,21)(H,20,22);1H. The maximum atomic E-state index is 4.44. The zero-order valence-electron chi connectivity index (χ0n) is 13.1. The molecule has 2 aromatic carbocycles. The summed E-state index contributed by atoms with van der Waals surface area (Å²) in [6.45, 7) is 4.15. The quantitative estimate of drug-likeness (QED) is 0.681. The minimum atomic E-state index is 0. The fourth-order valence-electron chi connectivity index (χ4n) is 2.33. The Bertz CT molecular complexity index is 723. The van der Waals surface area contributed by atoms with Crippen LogP contribution in [-0.2, 0) is 0 Å². The first-order valence-corrected chi connectivity index (χ1v) is 7.27. The zero-order valence-corrected chi connectivity index (χ0v) is 13.9. The lowest BCUT2D eigenvalue weighted by atomic mass is 10.2. The van der Waals surface area contributed by atoms with E-state index >= 15 is 0 Å². The van der Waals surface area contributed by atoms with Crippen molar-refractivity contribution in [2.45, 2.75) is 13.8 Å². The molecule has 0 saturated heterocycles. The van der Waals surface area contributed by atoms with Gasteiger partial charge in [0, 0.05) is 18.0 Å². The third kappa shape index (κ3) is 4.52. The summed E-state index contributed by atoms with van der Waals surface area (Å²) in [5, 5.41) is 5.38. The second-order valence-corrected chi connectivity index (χ2v) is 5.34. The lowest BCUT2D eigenvalue weighted by Gasteiger charge is -2.08. The molecule has 23 heavy (non-hydrogen) atoms. The molecule has 3 aromatic rings. The van der Waals surface area contributed by atoms with Crippen molar-refractivity contribution < 1.29 is 17.7 Å². The fraction of sp³-hybridized carbons (Fsp3) is 0.111. The van der Waals surface area contributed by atoms with E-state index in [1.807, 2.05) is 23.5 Å². The van der Waals surface area contributed by atoms with Gasteiger partial charge in [0.25, 0.3) is 5.82 Å². The first-order valence-electron chi connectivity index (χ1n) is 7.27. The lowest BCUT2D eigenvalue weighted by Crippen LogP contribution is -3.00. The molecule has 3 N–H and O–H groups in total. The maximum Gasteiger partial charge on any atom is 0.273 e. The Labute approximate surface area is 142 Å². The van der Waals surface area contributed by atoms with Crippen molar-refractivity contribution in [1.29, 1.82) is 0 Å². The van der Waals surface area contributed by atoms with Crippen molar-refractivity contribution in [3.05, 3.63) is 72.1 Å². The van der Waals surface area contributed by atoms with Gasteiger partial charge in [-0.15, -0.1) is 0 Å². The number of nitrogens with two attached hydrogens (primary N) is 1. The second-order valence-electron chi connectivity index (χ2n) is 5.34. The van der Waals surface area contributed by atoms with Gasteiger partial charge in [-0.25, -0.2) is 4.98 Å². The normalized spacial score (nSPS) is 10.0. The van der Waals surface area contributed by atoms with Crippen molar-refractivity contribution in [2.75, 3.05) is 5.32 Å². The number of aryl methyl sites for hydroxylation is 2. The summed E-state index contributed by atoms with van der Waals surface area (Å²) in [5.74, 6) is 1.59. The summed E-state index contributed by atoms with van der Waals surface area (Å²) in [6.07, 6.45) is 3.41. The predicted octanol–water partition coefficient (Wildman–Crippen LogP) is 0.368. The minimum Gasteiger partial charge on any atom is -1.00 e. The third-order valence-electron chi connectivity index (χ3n) is 3.35. The Hall–Kier alpha value is -2.43. The summed E-state index contributed by atoms with van der Waals surface area (Å²) in [6, 6.07) is 16.5. The van der Waals surface area contributed by atoms with Crippen molar-refractivity contribution >= 4 is 23.0 Å². The van der Waals surface area contributed by atoms with Gasteiger partial charge in [0.2, 0.25) is 5.82 Å². The molecule has 1 heterocycles. The Balaban J connectivity index is 0.00000192. The van der Waals surface area contributed by atoms with Crippen LogP contribution < -0.4 is 23.0 Å². The molecule has 0 atom stereocenters. The van der Waals surface area contributed by atoms with Crippen molar-refractivity contribution in [3.8, 4) is 0 Å². The predicted molar refractivity (Wildman–Crippen MR) is 88.9 cm³/mol. The molecule has 0 spiro atoms. The van der Waals surface area contributed by atoms with Gasteiger partial charge in [0.1, 0.15) is 5.69 Å². The fourth-order valence-corrected chi connectivity index (χ4v) is 2.33. The monoisotopic (exact) mass is 326 g/mol. The lowest BCUT2D eigenvalue weighted by molar-refractivity contribution is -0.482. The number of halogens is 1. The van der Waals surface area contributed by atoms with E-state index in [4.69, 9.17) is 0 Å². The molecule has 0 aliphatic rings. The van der Waals surface area contributed by atoms with E-state index in [0.717, 1.165) is 23.0 Å². The highest BCUT2D eigenvalue weighted by Gasteiger charge is 2.11. The van der Waals surface area contributed by atoms with E-state index < -0.39 is 0 Å². The molecular weight excluding hydrogens is 308 g/mol. The average molecular weight is 327 g/mol. The number of nitrogens with zero attached hydrogens (tertiary/aromatic N) is 2. The van der Waals surface area contributed by atoms with Gasteiger partial charge in [-0.2, -0.15) is 4.98 Å². The van der Waals surface area contributed by atoms with Crippen LogP contribution in [0.2, 0.25) is 0 Å². The van der Waals surface area contributed by atoms with Crippen LogP contribution in [0, 0.1) is 13.8 Å². The molecule has 0 aliphatic heterocycles. The molecule has 0 amide bonds.